The highest BCUT2D eigenvalue weighted by Crippen LogP contribution is 1.90. The topological polar surface area (TPSA) is 68.3 Å². The summed E-state index contributed by atoms with van der Waals surface area (Å²) in [5.41, 5.74) is 5.16. The molecule has 0 rings (SSSR count). The van der Waals surface area contributed by atoms with Crippen LogP contribution in [0.15, 0.2) is 0 Å². The zero-order chi connectivity index (χ0) is 9.23. The first-order valence-electron chi connectivity index (χ1n) is 4.17. The molecular formula is C8H18N2O2. The van der Waals surface area contributed by atoms with Crippen molar-refractivity contribution in [2.45, 2.75) is 19.3 Å². The second-order valence-electron chi connectivity index (χ2n) is 2.59. The van der Waals surface area contributed by atoms with E-state index in [4.69, 9.17) is 20.6 Å². The highest BCUT2D eigenvalue weighted by Gasteiger charge is 1.91. The SMILES string of the molecule is COCCCOCCCC(=N)N. The third-order valence-electron chi connectivity index (χ3n) is 1.37. The van der Waals surface area contributed by atoms with Crippen molar-refractivity contribution >= 4 is 5.84 Å². The number of hydrogen-bond donors (Lipinski definition) is 2. The quantitative estimate of drug-likeness (QED) is 0.324. The van der Waals surface area contributed by atoms with Crippen LogP contribution in [0.4, 0.5) is 0 Å². The Balaban J connectivity index is 2.86. The molecule has 0 unspecified atom stereocenters. The van der Waals surface area contributed by atoms with Gasteiger partial charge in [-0.05, 0) is 12.8 Å². The monoisotopic (exact) mass is 174 g/mol. The minimum absolute atomic E-state index is 0.232. The first kappa shape index (κ1) is 11.4. The molecule has 4 nitrogen and oxygen atoms in total. The fraction of sp³-hybridized carbons (Fsp3) is 0.875. The van der Waals surface area contributed by atoms with E-state index in [1.54, 1.807) is 7.11 Å². The second kappa shape index (κ2) is 8.49. The molecule has 0 saturated heterocycles. The van der Waals surface area contributed by atoms with E-state index in [9.17, 15) is 0 Å². The van der Waals surface area contributed by atoms with Gasteiger partial charge in [-0.2, -0.15) is 0 Å². The number of amidine groups is 1. The zero-order valence-electron chi connectivity index (χ0n) is 7.64. The van der Waals surface area contributed by atoms with Gasteiger partial charge in [0.2, 0.25) is 0 Å². The number of rotatable bonds is 8. The van der Waals surface area contributed by atoms with E-state index in [1.807, 2.05) is 0 Å². The van der Waals surface area contributed by atoms with Gasteiger partial charge in [0.05, 0.1) is 5.84 Å². The van der Waals surface area contributed by atoms with E-state index in [0.717, 1.165) is 26.1 Å². The van der Waals surface area contributed by atoms with E-state index in [1.165, 1.54) is 0 Å². The molecule has 0 aromatic rings. The Kier molecular flexibility index (Phi) is 8.05. The summed E-state index contributed by atoms with van der Waals surface area (Å²) in [6.07, 6.45) is 2.39. The molecule has 0 radical (unpaired) electrons. The molecular weight excluding hydrogens is 156 g/mol. The van der Waals surface area contributed by atoms with Crippen molar-refractivity contribution in [3.8, 4) is 0 Å². The van der Waals surface area contributed by atoms with Crippen molar-refractivity contribution < 1.29 is 9.47 Å². The van der Waals surface area contributed by atoms with Crippen molar-refractivity contribution in [2.75, 3.05) is 26.9 Å². The van der Waals surface area contributed by atoms with Crippen LogP contribution in [0.25, 0.3) is 0 Å². The van der Waals surface area contributed by atoms with E-state index in [0.29, 0.717) is 13.0 Å². The molecule has 0 aliphatic carbocycles. The summed E-state index contributed by atoms with van der Waals surface area (Å²) in [6.45, 7) is 2.15. The molecule has 0 aromatic heterocycles. The van der Waals surface area contributed by atoms with Gasteiger partial charge >= 0.3 is 0 Å². The Morgan fingerprint density at radius 1 is 1.25 bits per heavy atom. The van der Waals surface area contributed by atoms with Gasteiger partial charge in [0, 0.05) is 33.4 Å². The van der Waals surface area contributed by atoms with Gasteiger partial charge in [-0.1, -0.05) is 0 Å². The van der Waals surface area contributed by atoms with Gasteiger partial charge in [-0.3, -0.25) is 5.41 Å². The van der Waals surface area contributed by atoms with E-state index >= 15 is 0 Å². The summed E-state index contributed by atoms with van der Waals surface area (Å²) < 4.78 is 10.1. The average Bonchev–Trinajstić information content (AvgIpc) is 2.02. The molecule has 0 heterocycles. The van der Waals surface area contributed by atoms with E-state index in [2.05, 4.69) is 0 Å². The van der Waals surface area contributed by atoms with Gasteiger partial charge in [0.1, 0.15) is 0 Å². The van der Waals surface area contributed by atoms with Crippen molar-refractivity contribution in [3.63, 3.8) is 0 Å². The zero-order valence-corrected chi connectivity index (χ0v) is 7.64. The Labute approximate surface area is 73.5 Å². The molecule has 72 valence electrons. The van der Waals surface area contributed by atoms with Gasteiger partial charge in [0.25, 0.3) is 0 Å². The normalized spacial score (nSPS) is 10.1. The predicted molar refractivity (Wildman–Crippen MR) is 48.5 cm³/mol. The summed E-state index contributed by atoms with van der Waals surface area (Å²) in [5.74, 6) is 0.232. The molecule has 0 fully saturated rings. The van der Waals surface area contributed by atoms with Crippen LogP contribution in [0, 0.1) is 5.41 Å². The fourth-order valence-electron chi connectivity index (χ4n) is 0.772. The Hall–Kier alpha value is -0.610. The number of methoxy groups -OCH3 is 1. The molecule has 12 heavy (non-hydrogen) atoms. The third kappa shape index (κ3) is 9.39. The predicted octanol–water partition coefficient (Wildman–Crippen LogP) is 0.756. The summed E-state index contributed by atoms with van der Waals surface area (Å²) in [7, 11) is 1.68. The number of nitrogens with one attached hydrogen (secondary N) is 1. The maximum Gasteiger partial charge on any atom is 0.0906 e. The summed E-state index contributed by atoms with van der Waals surface area (Å²) in [5, 5.41) is 6.94. The van der Waals surface area contributed by atoms with Crippen LogP contribution < -0.4 is 5.73 Å². The molecule has 0 aliphatic heterocycles. The second-order valence-corrected chi connectivity index (χ2v) is 2.59. The van der Waals surface area contributed by atoms with Crippen LogP contribution in [0.2, 0.25) is 0 Å². The number of nitrogens with two attached hydrogens (primary N) is 1. The van der Waals surface area contributed by atoms with Crippen LogP contribution in [0.5, 0.6) is 0 Å². The lowest BCUT2D eigenvalue weighted by Crippen LogP contribution is -2.10. The molecule has 0 amide bonds. The molecule has 4 heteroatoms. The molecule has 0 aliphatic rings. The Bertz CT molecular complexity index is 118. The van der Waals surface area contributed by atoms with Crippen LogP contribution >= 0.6 is 0 Å². The van der Waals surface area contributed by atoms with Crippen LogP contribution in [-0.4, -0.2) is 32.8 Å². The van der Waals surface area contributed by atoms with Gasteiger partial charge in [-0.15, -0.1) is 0 Å². The van der Waals surface area contributed by atoms with Gasteiger partial charge < -0.3 is 15.2 Å². The number of ether oxygens (including phenoxy) is 2. The summed E-state index contributed by atoms with van der Waals surface area (Å²) in [6, 6.07) is 0. The lowest BCUT2D eigenvalue weighted by atomic mass is 10.3. The van der Waals surface area contributed by atoms with Crippen molar-refractivity contribution in [1.82, 2.24) is 0 Å². The lowest BCUT2D eigenvalue weighted by Gasteiger charge is -2.02. The Morgan fingerprint density at radius 3 is 2.50 bits per heavy atom. The number of hydrogen-bond acceptors (Lipinski definition) is 3. The first-order valence-corrected chi connectivity index (χ1v) is 4.17. The average molecular weight is 174 g/mol. The summed E-state index contributed by atoms with van der Waals surface area (Å²) in [4.78, 5) is 0. The lowest BCUT2D eigenvalue weighted by molar-refractivity contribution is 0.102. The van der Waals surface area contributed by atoms with Gasteiger partial charge in [-0.25, -0.2) is 0 Å². The standard InChI is InChI=1S/C8H18N2O2/c1-11-5-3-7-12-6-2-4-8(9)10/h2-7H2,1H3,(H3,9,10). The molecule has 0 spiro atoms. The van der Waals surface area contributed by atoms with Crippen LogP contribution in [-0.2, 0) is 9.47 Å². The fourth-order valence-corrected chi connectivity index (χ4v) is 0.772. The maximum absolute atomic E-state index is 6.94. The van der Waals surface area contributed by atoms with Gasteiger partial charge in [0.15, 0.2) is 0 Å². The van der Waals surface area contributed by atoms with Crippen LogP contribution in [0.3, 0.4) is 0 Å². The third-order valence-corrected chi connectivity index (χ3v) is 1.37. The minimum Gasteiger partial charge on any atom is -0.388 e. The highest BCUT2D eigenvalue weighted by molar-refractivity contribution is 5.76. The smallest absolute Gasteiger partial charge is 0.0906 e. The van der Waals surface area contributed by atoms with Crippen LogP contribution in [0.1, 0.15) is 19.3 Å². The van der Waals surface area contributed by atoms with Crippen molar-refractivity contribution in [3.05, 3.63) is 0 Å². The largest absolute Gasteiger partial charge is 0.388 e. The first-order chi connectivity index (χ1) is 5.77. The highest BCUT2D eigenvalue weighted by atomic mass is 16.5. The van der Waals surface area contributed by atoms with E-state index < -0.39 is 0 Å². The maximum atomic E-state index is 6.94. The molecule has 0 saturated carbocycles. The minimum atomic E-state index is 0.232. The summed E-state index contributed by atoms with van der Waals surface area (Å²) >= 11 is 0. The van der Waals surface area contributed by atoms with Crippen molar-refractivity contribution in [1.29, 1.82) is 5.41 Å². The molecule has 3 N–H and O–H groups in total. The van der Waals surface area contributed by atoms with Crippen molar-refractivity contribution in [2.24, 2.45) is 5.73 Å². The van der Waals surface area contributed by atoms with E-state index in [-0.39, 0.29) is 5.84 Å². The molecule has 0 atom stereocenters. The molecule has 0 aromatic carbocycles. The Morgan fingerprint density at radius 2 is 1.92 bits per heavy atom. The molecule has 0 bridgehead atoms.